The number of hydrogen-bond donors (Lipinski definition) is 0. The highest BCUT2D eigenvalue weighted by Crippen LogP contribution is 2.30. The van der Waals surface area contributed by atoms with Crippen LogP contribution in [-0.2, 0) is 15.0 Å². The Morgan fingerprint density at radius 3 is 2.08 bits per heavy atom. The molecule has 0 atom stereocenters. The van der Waals surface area contributed by atoms with Crippen LogP contribution in [0.25, 0.3) is 11.0 Å². The van der Waals surface area contributed by atoms with Crippen molar-refractivity contribution in [3.05, 3.63) is 6.20 Å². The van der Waals surface area contributed by atoms with E-state index in [-0.39, 0.29) is 5.54 Å². The first kappa shape index (κ1) is 16.5. The molecule has 2 aliphatic rings. The fourth-order valence-corrected chi connectivity index (χ4v) is 3.29. The van der Waals surface area contributed by atoms with Gasteiger partial charge in [-0.2, -0.15) is 15.1 Å². The molecule has 0 amide bonds. The van der Waals surface area contributed by atoms with Crippen LogP contribution < -0.4 is 9.80 Å². The number of fused-ring (bicyclic) bond motifs is 1. The molecule has 136 valence electrons. The van der Waals surface area contributed by atoms with Crippen LogP contribution in [0.5, 0.6) is 0 Å². The molecule has 25 heavy (non-hydrogen) atoms. The minimum absolute atomic E-state index is 0.138. The van der Waals surface area contributed by atoms with Crippen LogP contribution in [0.3, 0.4) is 0 Å². The normalized spacial score (nSPS) is 19.6. The van der Waals surface area contributed by atoms with Gasteiger partial charge in [-0.1, -0.05) is 0 Å². The minimum Gasteiger partial charge on any atom is -0.378 e. The van der Waals surface area contributed by atoms with Gasteiger partial charge in [-0.05, 0) is 20.8 Å². The van der Waals surface area contributed by atoms with E-state index in [0.717, 1.165) is 62.2 Å². The number of morpholine rings is 2. The highest BCUT2D eigenvalue weighted by molar-refractivity contribution is 5.88. The van der Waals surface area contributed by atoms with Crippen molar-refractivity contribution in [3.8, 4) is 0 Å². The van der Waals surface area contributed by atoms with Gasteiger partial charge in [0.1, 0.15) is 5.82 Å². The van der Waals surface area contributed by atoms with E-state index in [2.05, 4.69) is 35.7 Å². The third kappa shape index (κ3) is 3.16. The lowest BCUT2D eigenvalue weighted by Gasteiger charge is -2.31. The molecule has 8 heteroatoms. The molecule has 2 fully saturated rings. The molecule has 2 aliphatic heterocycles. The monoisotopic (exact) mass is 346 g/mol. The van der Waals surface area contributed by atoms with Gasteiger partial charge < -0.3 is 19.3 Å². The summed E-state index contributed by atoms with van der Waals surface area (Å²) in [5.74, 6) is 1.73. The van der Waals surface area contributed by atoms with E-state index in [1.807, 2.05) is 10.9 Å². The SMILES string of the molecule is CC(C)(C)n1ncc2c(N3CCOCC3)nc(N3CCOCC3)nc21. The summed E-state index contributed by atoms with van der Waals surface area (Å²) < 4.78 is 13.0. The number of hydrogen-bond acceptors (Lipinski definition) is 7. The van der Waals surface area contributed by atoms with Gasteiger partial charge in [0.05, 0.1) is 43.5 Å². The maximum Gasteiger partial charge on any atom is 0.229 e. The fourth-order valence-electron chi connectivity index (χ4n) is 3.29. The van der Waals surface area contributed by atoms with Crippen molar-refractivity contribution in [2.45, 2.75) is 26.3 Å². The largest absolute Gasteiger partial charge is 0.378 e. The average molecular weight is 346 g/mol. The summed E-state index contributed by atoms with van der Waals surface area (Å²) in [5, 5.41) is 5.63. The van der Waals surface area contributed by atoms with Crippen LogP contribution in [-0.4, -0.2) is 72.4 Å². The average Bonchev–Trinajstić information content (AvgIpc) is 3.07. The lowest BCUT2D eigenvalue weighted by molar-refractivity contribution is 0.121. The van der Waals surface area contributed by atoms with Crippen molar-refractivity contribution < 1.29 is 9.47 Å². The molecule has 0 saturated carbocycles. The molecular weight excluding hydrogens is 320 g/mol. The molecule has 0 unspecified atom stereocenters. The third-order valence-electron chi connectivity index (χ3n) is 4.64. The first-order valence-electron chi connectivity index (χ1n) is 8.96. The van der Waals surface area contributed by atoms with E-state index in [4.69, 9.17) is 19.4 Å². The Morgan fingerprint density at radius 2 is 1.48 bits per heavy atom. The summed E-state index contributed by atoms with van der Waals surface area (Å²) in [6.07, 6.45) is 1.90. The quantitative estimate of drug-likeness (QED) is 0.811. The minimum atomic E-state index is -0.138. The topological polar surface area (TPSA) is 68.5 Å². The Kier molecular flexibility index (Phi) is 4.24. The van der Waals surface area contributed by atoms with Crippen molar-refractivity contribution in [2.24, 2.45) is 0 Å². The van der Waals surface area contributed by atoms with Crippen molar-refractivity contribution in [1.29, 1.82) is 0 Å². The molecule has 2 aromatic heterocycles. The van der Waals surface area contributed by atoms with Crippen molar-refractivity contribution >= 4 is 22.8 Å². The third-order valence-corrected chi connectivity index (χ3v) is 4.64. The summed E-state index contributed by atoms with van der Waals surface area (Å²) in [6, 6.07) is 0. The van der Waals surface area contributed by atoms with E-state index in [1.165, 1.54) is 0 Å². The fraction of sp³-hybridized carbons (Fsp3) is 0.706. The Bertz CT molecular complexity index is 741. The smallest absolute Gasteiger partial charge is 0.229 e. The Hall–Kier alpha value is -1.93. The number of nitrogens with zero attached hydrogens (tertiary/aromatic N) is 6. The highest BCUT2D eigenvalue weighted by Gasteiger charge is 2.25. The molecule has 4 rings (SSSR count). The highest BCUT2D eigenvalue weighted by atomic mass is 16.5. The second-order valence-corrected chi connectivity index (χ2v) is 7.51. The molecule has 8 nitrogen and oxygen atoms in total. The summed E-state index contributed by atoms with van der Waals surface area (Å²) in [5.41, 5.74) is 0.756. The Morgan fingerprint density at radius 1 is 0.880 bits per heavy atom. The van der Waals surface area contributed by atoms with Gasteiger partial charge in [0.15, 0.2) is 5.65 Å². The summed E-state index contributed by atoms with van der Waals surface area (Å²) in [6.45, 7) is 12.6. The van der Waals surface area contributed by atoms with Crippen LogP contribution in [0.15, 0.2) is 6.20 Å². The van der Waals surface area contributed by atoms with Crippen LogP contribution in [0.1, 0.15) is 20.8 Å². The lowest BCUT2D eigenvalue weighted by Crippen LogP contribution is -2.39. The van der Waals surface area contributed by atoms with Crippen LogP contribution >= 0.6 is 0 Å². The molecule has 4 heterocycles. The van der Waals surface area contributed by atoms with E-state index >= 15 is 0 Å². The van der Waals surface area contributed by atoms with Gasteiger partial charge in [-0.25, -0.2) is 4.68 Å². The van der Waals surface area contributed by atoms with Gasteiger partial charge in [-0.15, -0.1) is 0 Å². The molecule has 0 N–H and O–H groups in total. The van der Waals surface area contributed by atoms with Crippen molar-refractivity contribution in [3.63, 3.8) is 0 Å². The van der Waals surface area contributed by atoms with E-state index in [0.29, 0.717) is 13.2 Å². The van der Waals surface area contributed by atoms with Crippen molar-refractivity contribution in [2.75, 3.05) is 62.4 Å². The predicted octanol–water partition coefficient (Wildman–Crippen LogP) is 1.25. The number of aromatic nitrogens is 4. The molecule has 2 saturated heterocycles. The zero-order chi connectivity index (χ0) is 17.4. The van der Waals surface area contributed by atoms with E-state index in [9.17, 15) is 0 Å². The number of rotatable bonds is 2. The van der Waals surface area contributed by atoms with E-state index < -0.39 is 0 Å². The molecule has 0 bridgehead atoms. The second kappa shape index (κ2) is 6.42. The van der Waals surface area contributed by atoms with Gasteiger partial charge in [0.25, 0.3) is 0 Å². The maximum absolute atomic E-state index is 5.51. The molecular formula is C17H26N6O2. The molecule has 0 aromatic carbocycles. The summed E-state index contributed by atoms with van der Waals surface area (Å²) in [7, 11) is 0. The predicted molar refractivity (Wildman–Crippen MR) is 96.4 cm³/mol. The van der Waals surface area contributed by atoms with Gasteiger partial charge in [0, 0.05) is 26.2 Å². The molecule has 0 radical (unpaired) electrons. The first-order chi connectivity index (χ1) is 12.0. The van der Waals surface area contributed by atoms with Crippen molar-refractivity contribution in [1.82, 2.24) is 19.7 Å². The summed E-state index contributed by atoms with van der Waals surface area (Å²) >= 11 is 0. The second-order valence-electron chi connectivity index (χ2n) is 7.51. The van der Waals surface area contributed by atoms with E-state index in [1.54, 1.807) is 0 Å². The number of anilines is 2. The van der Waals surface area contributed by atoms with Gasteiger partial charge in [0.2, 0.25) is 5.95 Å². The van der Waals surface area contributed by atoms with Crippen LogP contribution in [0.2, 0.25) is 0 Å². The zero-order valence-corrected chi connectivity index (χ0v) is 15.2. The molecule has 0 spiro atoms. The lowest BCUT2D eigenvalue weighted by atomic mass is 10.1. The maximum atomic E-state index is 5.51. The standard InChI is InChI=1S/C17H26N6O2/c1-17(2,3)23-15-13(12-18-23)14(21-4-8-24-9-5-21)19-16(20-15)22-6-10-25-11-7-22/h12H,4-11H2,1-3H3. The van der Waals surface area contributed by atoms with Crippen LogP contribution in [0, 0.1) is 0 Å². The molecule has 0 aliphatic carbocycles. The Balaban J connectivity index is 1.84. The van der Waals surface area contributed by atoms with Gasteiger partial charge >= 0.3 is 0 Å². The zero-order valence-electron chi connectivity index (χ0n) is 15.2. The number of ether oxygens (including phenoxy) is 2. The summed E-state index contributed by atoms with van der Waals surface area (Å²) in [4.78, 5) is 14.3. The van der Waals surface area contributed by atoms with Crippen LogP contribution in [0.4, 0.5) is 11.8 Å². The first-order valence-corrected chi connectivity index (χ1v) is 8.96. The molecule has 2 aromatic rings. The van der Waals surface area contributed by atoms with Gasteiger partial charge in [-0.3, -0.25) is 0 Å². The Labute approximate surface area is 147 Å².